The molecule has 0 aromatic carbocycles. The highest BCUT2D eigenvalue weighted by Crippen LogP contribution is 2.07. The monoisotopic (exact) mass is 219 g/mol. The van der Waals surface area contributed by atoms with Crippen molar-refractivity contribution in [3.8, 4) is 0 Å². The lowest BCUT2D eigenvalue weighted by Crippen LogP contribution is -2.27. The number of hydrogen-bond donors (Lipinski definition) is 3. The predicted octanol–water partition coefficient (Wildman–Crippen LogP) is 0.932. The molecule has 0 spiro atoms. The topological polar surface area (TPSA) is 86.5 Å². The number of aromatic nitrogens is 4. The summed E-state index contributed by atoms with van der Waals surface area (Å²) < 4.78 is 0. The van der Waals surface area contributed by atoms with Crippen molar-refractivity contribution in [2.45, 2.75) is 19.9 Å². The van der Waals surface area contributed by atoms with Crippen LogP contribution in [0.4, 0.5) is 0 Å². The Labute approximate surface area is 92.5 Å². The molecule has 1 unspecified atom stereocenters. The van der Waals surface area contributed by atoms with Crippen molar-refractivity contribution in [3.63, 3.8) is 0 Å². The first-order chi connectivity index (χ1) is 7.66. The molecule has 0 aliphatic rings. The number of carbonyl (C=O) groups is 1. The zero-order chi connectivity index (χ0) is 11.5. The molecule has 2 heterocycles. The number of hydrogen-bond acceptors (Lipinski definition) is 3. The molecule has 2 rings (SSSR count). The highest BCUT2D eigenvalue weighted by atomic mass is 16.1. The number of nitrogens with one attached hydrogen (secondary N) is 3. The van der Waals surface area contributed by atoms with E-state index in [0.717, 1.165) is 5.82 Å². The van der Waals surface area contributed by atoms with Gasteiger partial charge in [-0.2, -0.15) is 5.10 Å². The van der Waals surface area contributed by atoms with Crippen molar-refractivity contribution in [2.75, 3.05) is 0 Å². The Morgan fingerprint density at radius 2 is 2.38 bits per heavy atom. The van der Waals surface area contributed by atoms with Crippen LogP contribution in [0.3, 0.4) is 0 Å². The Kier molecular flexibility index (Phi) is 2.72. The first-order valence-corrected chi connectivity index (χ1v) is 4.99. The van der Waals surface area contributed by atoms with Crippen LogP contribution in [0.2, 0.25) is 0 Å². The van der Waals surface area contributed by atoms with Crippen molar-refractivity contribution in [1.29, 1.82) is 0 Å². The average molecular weight is 219 g/mol. The molecule has 6 nitrogen and oxygen atoms in total. The standard InChI is InChI=1S/C10H13N5O/c1-6(9-13-7(2)14-15-9)12-10(16)8-3-4-11-5-8/h3-6,11H,1-2H3,(H,12,16)(H,13,14,15). The molecular weight excluding hydrogens is 206 g/mol. The SMILES string of the molecule is Cc1nc(C(C)NC(=O)c2cc[nH]c2)n[nH]1. The average Bonchev–Trinajstić information content (AvgIpc) is 2.87. The van der Waals surface area contributed by atoms with E-state index in [1.165, 1.54) is 0 Å². The van der Waals surface area contributed by atoms with Crippen molar-refractivity contribution >= 4 is 5.91 Å². The van der Waals surface area contributed by atoms with Crippen LogP contribution in [0.15, 0.2) is 18.5 Å². The van der Waals surface area contributed by atoms with Crippen molar-refractivity contribution < 1.29 is 4.79 Å². The lowest BCUT2D eigenvalue weighted by Gasteiger charge is -2.08. The van der Waals surface area contributed by atoms with Gasteiger partial charge in [0.1, 0.15) is 5.82 Å². The largest absolute Gasteiger partial charge is 0.367 e. The molecule has 84 valence electrons. The normalized spacial score (nSPS) is 12.4. The number of rotatable bonds is 3. The van der Waals surface area contributed by atoms with E-state index in [9.17, 15) is 4.79 Å². The fourth-order valence-corrected chi connectivity index (χ4v) is 1.36. The van der Waals surface area contributed by atoms with Crippen molar-refractivity contribution in [1.82, 2.24) is 25.5 Å². The number of aromatic amines is 2. The van der Waals surface area contributed by atoms with Gasteiger partial charge in [-0.25, -0.2) is 4.98 Å². The number of amides is 1. The maximum absolute atomic E-state index is 11.7. The fourth-order valence-electron chi connectivity index (χ4n) is 1.36. The minimum absolute atomic E-state index is 0.142. The van der Waals surface area contributed by atoms with Crippen LogP contribution in [0.25, 0.3) is 0 Å². The van der Waals surface area contributed by atoms with Crippen LogP contribution >= 0.6 is 0 Å². The third-order valence-electron chi connectivity index (χ3n) is 2.21. The van der Waals surface area contributed by atoms with Gasteiger partial charge >= 0.3 is 0 Å². The highest BCUT2D eigenvalue weighted by Gasteiger charge is 2.14. The molecule has 3 N–H and O–H groups in total. The quantitative estimate of drug-likeness (QED) is 0.717. The third-order valence-corrected chi connectivity index (χ3v) is 2.21. The second-order valence-corrected chi connectivity index (χ2v) is 3.57. The van der Waals surface area contributed by atoms with Crippen molar-refractivity contribution in [3.05, 3.63) is 35.7 Å². The minimum Gasteiger partial charge on any atom is -0.367 e. The predicted molar refractivity (Wildman–Crippen MR) is 57.8 cm³/mol. The van der Waals surface area contributed by atoms with Gasteiger partial charge in [0.05, 0.1) is 11.6 Å². The molecular formula is C10H13N5O. The van der Waals surface area contributed by atoms with E-state index >= 15 is 0 Å². The van der Waals surface area contributed by atoms with Crippen LogP contribution < -0.4 is 5.32 Å². The van der Waals surface area contributed by atoms with Gasteiger partial charge in [-0.1, -0.05) is 0 Å². The maximum atomic E-state index is 11.7. The molecule has 0 aliphatic carbocycles. The van der Waals surface area contributed by atoms with Crippen LogP contribution in [0.5, 0.6) is 0 Å². The smallest absolute Gasteiger partial charge is 0.253 e. The fraction of sp³-hybridized carbons (Fsp3) is 0.300. The van der Waals surface area contributed by atoms with E-state index in [4.69, 9.17) is 0 Å². The Bertz CT molecular complexity index is 473. The summed E-state index contributed by atoms with van der Waals surface area (Å²) in [6.07, 6.45) is 3.35. The Morgan fingerprint density at radius 3 is 2.94 bits per heavy atom. The van der Waals surface area contributed by atoms with Crippen LogP contribution in [0.1, 0.15) is 35.0 Å². The molecule has 0 fully saturated rings. The van der Waals surface area contributed by atoms with Crippen molar-refractivity contribution in [2.24, 2.45) is 0 Å². The molecule has 0 saturated heterocycles. The lowest BCUT2D eigenvalue weighted by molar-refractivity contribution is 0.0938. The molecule has 0 bridgehead atoms. The third kappa shape index (κ3) is 2.10. The van der Waals surface area contributed by atoms with E-state index in [-0.39, 0.29) is 11.9 Å². The van der Waals surface area contributed by atoms with E-state index < -0.39 is 0 Å². The number of H-pyrrole nitrogens is 2. The van der Waals surface area contributed by atoms with Gasteiger partial charge in [-0.3, -0.25) is 9.89 Å². The lowest BCUT2D eigenvalue weighted by atomic mass is 10.2. The second kappa shape index (κ2) is 4.18. The zero-order valence-electron chi connectivity index (χ0n) is 9.11. The molecule has 0 radical (unpaired) electrons. The van der Waals surface area contributed by atoms with Gasteiger partial charge in [-0.15, -0.1) is 0 Å². The summed E-state index contributed by atoms with van der Waals surface area (Å²) >= 11 is 0. The first kappa shape index (κ1) is 10.4. The Hall–Kier alpha value is -2.11. The summed E-state index contributed by atoms with van der Waals surface area (Å²) in [4.78, 5) is 18.7. The summed E-state index contributed by atoms with van der Waals surface area (Å²) in [5.41, 5.74) is 0.596. The van der Waals surface area contributed by atoms with E-state index in [1.807, 2.05) is 13.8 Å². The summed E-state index contributed by atoms with van der Waals surface area (Å²) in [6.45, 7) is 3.66. The van der Waals surface area contributed by atoms with Gasteiger partial charge in [0.15, 0.2) is 5.82 Å². The first-order valence-electron chi connectivity index (χ1n) is 4.99. The highest BCUT2D eigenvalue weighted by molar-refractivity contribution is 5.94. The number of nitrogens with zero attached hydrogens (tertiary/aromatic N) is 2. The molecule has 2 aromatic rings. The minimum atomic E-state index is -0.215. The van der Waals surface area contributed by atoms with Gasteiger partial charge in [0, 0.05) is 12.4 Å². The van der Waals surface area contributed by atoms with E-state index in [0.29, 0.717) is 11.4 Å². The van der Waals surface area contributed by atoms with Gasteiger partial charge in [0.25, 0.3) is 5.91 Å². The zero-order valence-corrected chi connectivity index (χ0v) is 9.11. The summed E-state index contributed by atoms with van der Waals surface area (Å²) in [5.74, 6) is 1.18. The van der Waals surface area contributed by atoms with E-state index in [2.05, 4.69) is 25.5 Å². The number of aryl methyl sites for hydroxylation is 1. The van der Waals surface area contributed by atoms with Gasteiger partial charge in [-0.05, 0) is 19.9 Å². The summed E-state index contributed by atoms with van der Waals surface area (Å²) in [7, 11) is 0. The van der Waals surface area contributed by atoms with E-state index in [1.54, 1.807) is 18.5 Å². The molecule has 2 aromatic heterocycles. The van der Waals surface area contributed by atoms with Gasteiger partial charge in [0.2, 0.25) is 0 Å². The molecule has 1 amide bonds. The second-order valence-electron chi connectivity index (χ2n) is 3.57. The Morgan fingerprint density at radius 1 is 1.56 bits per heavy atom. The molecule has 16 heavy (non-hydrogen) atoms. The summed E-state index contributed by atoms with van der Waals surface area (Å²) in [6, 6.07) is 1.50. The summed E-state index contributed by atoms with van der Waals surface area (Å²) in [5, 5.41) is 9.54. The maximum Gasteiger partial charge on any atom is 0.253 e. The van der Waals surface area contributed by atoms with Crippen LogP contribution in [-0.2, 0) is 0 Å². The molecule has 6 heteroatoms. The number of carbonyl (C=O) groups excluding carboxylic acids is 1. The molecule has 1 atom stereocenters. The van der Waals surface area contributed by atoms with Gasteiger partial charge < -0.3 is 10.3 Å². The molecule has 0 aliphatic heterocycles. The molecule has 0 saturated carbocycles. The Balaban J connectivity index is 2.03. The van der Waals surface area contributed by atoms with Crippen LogP contribution in [-0.4, -0.2) is 26.1 Å². The van der Waals surface area contributed by atoms with Crippen LogP contribution in [0, 0.1) is 6.92 Å².